The van der Waals surface area contributed by atoms with Crippen LogP contribution < -0.4 is 5.73 Å². The predicted octanol–water partition coefficient (Wildman–Crippen LogP) is 10.8. The Morgan fingerprint density at radius 1 is 0.611 bits per heavy atom. The number of rotatable bonds is 37. The van der Waals surface area contributed by atoms with E-state index in [0.717, 1.165) is 109 Å². The number of aliphatic carboxylic acids is 1. The minimum absolute atomic E-state index is 0.0148. The highest BCUT2D eigenvalue weighted by Crippen LogP contribution is 2.43. The third-order valence-corrected chi connectivity index (χ3v) is 8.84. The summed E-state index contributed by atoms with van der Waals surface area (Å²) in [5.41, 5.74) is 5.33. The van der Waals surface area contributed by atoms with E-state index in [4.69, 9.17) is 24.8 Å². The number of phosphoric ester groups is 1. The number of nitrogens with two attached hydrogens (primary N) is 1. The molecule has 11 heteroatoms. The second-order valence-corrected chi connectivity index (χ2v) is 14.5. The van der Waals surface area contributed by atoms with Gasteiger partial charge in [-0.1, -0.05) is 131 Å². The summed E-state index contributed by atoms with van der Waals surface area (Å²) in [7, 11) is -4.63. The van der Waals surface area contributed by atoms with Gasteiger partial charge in [-0.25, -0.2) is 4.57 Å². The lowest BCUT2D eigenvalue weighted by molar-refractivity contribution is -0.154. The molecule has 0 amide bonds. The molecule has 0 aliphatic heterocycles. The van der Waals surface area contributed by atoms with Crippen molar-refractivity contribution in [2.75, 3.05) is 26.4 Å². The van der Waals surface area contributed by atoms with Gasteiger partial charge in [0.25, 0.3) is 0 Å². The summed E-state index contributed by atoms with van der Waals surface area (Å²) in [5.74, 6) is -1.82. The van der Waals surface area contributed by atoms with Gasteiger partial charge < -0.3 is 25.2 Å². The van der Waals surface area contributed by atoms with Crippen molar-refractivity contribution < 1.29 is 42.7 Å². The van der Waals surface area contributed by atoms with E-state index in [1.54, 1.807) is 0 Å². The van der Waals surface area contributed by atoms with Crippen molar-refractivity contribution in [3.63, 3.8) is 0 Å². The number of carbonyl (C=O) groups is 2. The zero-order valence-electron chi connectivity index (χ0n) is 33.3. The van der Waals surface area contributed by atoms with Crippen molar-refractivity contribution in [3.8, 4) is 0 Å². The van der Waals surface area contributed by atoms with Crippen LogP contribution in [0.2, 0.25) is 0 Å². The second-order valence-electron chi connectivity index (χ2n) is 13.0. The monoisotopic (exact) mass is 777 g/mol. The molecule has 308 valence electrons. The maximum absolute atomic E-state index is 12.5. The molecule has 0 aromatic carbocycles. The Bertz CT molecular complexity index is 1180. The molecule has 54 heavy (non-hydrogen) atoms. The van der Waals surface area contributed by atoms with Crippen molar-refractivity contribution in [3.05, 3.63) is 85.1 Å². The van der Waals surface area contributed by atoms with Crippen LogP contribution in [0, 0.1) is 0 Å². The number of carboxylic acids is 1. The van der Waals surface area contributed by atoms with Gasteiger partial charge in [0.1, 0.15) is 12.1 Å². The first-order valence-electron chi connectivity index (χ1n) is 20.1. The quantitative estimate of drug-likeness (QED) is 0.0240. The van der Waals surface area contributed by atoms with Crippen LogP contribution in [0.4, 0.5) is 0 Å². The molecule has 0 rings (SSSR count). The van der Waals surface area contributed by atoms with E-state index in [1.807, 2.05) is 0 Å². The Hall–Kier alpha value is -2.85. The van der Waals surface area contributed by atoms with Gasteiger partial charge in [-0.3, -0.25) is 18.6 Å². The van der Waals surface area contributed by atoms with Crippen LogP contribution >= 0.6 is 7.82 Å². The molecule has 4 N–H and O–H groups in total. The number of hydrogen-bond donors (Lipinski definition) is 3. The lowest BCUT2D eigenvalue weighted by atomic mass is 10.1. The fraction of sp³-hybridized carbons (Fsp3) is 0.628. The molecule has 3 atom stereocenters. The molecule has 0 heterocycles. The van der Waals surface area contributed by atoms with Gasteiger partial charge in [0.2, 0.25) is 0 Å². The SMILES string of the molecule is CC/C=C\C/C=C\C/C=C\C/C=C\C/C=C\C/C=C\CCCCCOCC(COP(=O)(O)OCC(N)C(=O)O)OC(=O)CCCCCCC/C=C\CCC. The highest BCUT2D eigenvalue weighted by molar-refractivity contribution is 7.47. The molecule has 0 spiro atoms. The van der Waals surface area contributed by atoms with E-state index in [2.05, 4.69) is 103 Å². The molecule has 0 bridgehead atoms. The molecule has 0 radical (unpaired) electrons. The van der Waals surface area contributed by atoms with Crippen LogP contribution in [0.15, 0.2) is 85.1 Å². The van der Waals surface area contributed by atoms with Gasteiger partial charge in [-0.05, 0) is 83.5 Å². The zero-order chi connectivity index (χ0) is 39.8. The first-order chi connectivity index (χ1) is 26.2. The summed E-state index contributed by atoms with van der Waals surface area (Å²) >= 11 is 0. The Morgan fingerprint density at radius 3 is 1.63 bits per heavy atom. The molecule has 0 saturated carbocycles. The fourth-order valence-corrected chi connectivity index (χ4v) is 5.56. The highest BCUT2D eigenvalue weighted by Gasteiger charge is 2.27. The van der Waals surface area contributed by atoms with E-state index >= 15 is 0 Å². The lowest BCUT2D eigenvalue weighted by Crippen LogP contribution is -2.34. The van der Waals surface area contributed by atoms with Crippen molar-refractivity contribution in [2.24, 2.45) is 5.73 Å². The predicted molar refractivity (Wildman–Crippen MR) is 221 cm³/mol. The second kappa shape index (κ2) is 38.4. The Morgan fingerprint density at radius 2 is 1.07 bits per heavy atom. The first kappa shape index (κ1) is 51.1. The standard InChI is InChI=1S/C43H72NO9P/c1-3-5-7-9-11-13-15-16-17-18-19-20-21-22-23-24-25-26-28-30-32-34-36-50-37-40(38-51-54(48,49)52-39-41(44)43(46)47)53-42(45)35-33-31-29-27-14-12-10-8-6-4-2/h5,7-8,10-11,13,16-17,19-20,22-23,25-26,40-41H,3-4,6,9,12,14-15,18,21,24,27-39,44H2,1-2H3,(H,46,47)(H,48,49)/b7-5-,10-8-,13-11-,17-16-,20-19-,23-22-,26-25-. The van der Waals surface area contributed by atoms with Gasteiger partial charge in [0, 0.05) is 13.0 Å². The topological polar surface area (TPSA) is 155 Å². The average Bonchev–Trinajstić information content (AvgIpc) is 3.15. The Kier molecular flexibility index (Phi) is 36.4. The number of ether oxygens (including phenoxy) is 2. The lowest BCUT2D eigenvalue weighted by Gasteiger charge is -2.20. The number of unbranched alkanes of at least 4 members (excludes halogenated alkanes) is 9. The smallest absolute Gasteiger partial charge is 0.472 e. The largest absolute Gasteiger partial charge is 0.480 e. The molecule has 0 aliphatic rings. The van der Waals surface area contributed by atoms with Gasteiger partial charge in [-0.2, -0.15) is 0 Å². The molecule has 0 saturated heterocycles. The van der Waals surface area contributed by atoms with Gasteiger partial charge >= 0.3 is 19.8 Å². The van der Waals surface area contributed by atoms with Crippen LogP contribution in [0.3, 0.4) is 0 Å². The van der Waals surface area contributed by atoms with Crippen LogP contribution in [0.1, 0.15) is 136 Å². The summed E-state index contributed by atoms with van der Waals surface area (Å²) in [6, 6.07) is -1.48. The van der Waals surface area contributed by atoms with Gasteiger partial charge in [0.15, 0.2) is 0 Å². The number of carboxylic acid groups (broad SMARTS) is 1. The van der Waals surface area contributed by atoms with Crippen molar-refractivity contribution in [1.29, 1.82) is 0 Å². The zero-order valence-corrected chi connectivity index (χ0v) is 34.2. The molecule has 0 aliphatic carbocycles. The minimum atomic E-state index is -4.63. The minimum Gasteiger partial charge on any atom is -0.480 e. The summed E-state index contributed by atoms with van der Waals surface area (Å²) in [6.45, 7) is 3.57. The third kappa shape index (κ3) is 37.5. The maximum atomic E-state index is 12.5. The Labute approximate surface area is 326 Å². The van der Waals surface area contributed by atoms with E-state index in [-0.39, 0.29) is 13.0 Å². The number of allylic oxidation sites excluding steroid dienone is 14. The first-order valence-corrected chi connectivity index (χ1v) is 21.6. The van der Waals surface area contributed by atoms with E-state index in [0.29, 0.717) is 13.0 Å². The molecule has 3 unspecified atom stereocenters. The summed E-state index contributed by atoms with van der Waals surface area (Å²) in [6.07, 6.45) is 47.9. The van der Waals surface area contributed by atoms with Crippen LogP contribution in [-0.2, 0) is 32.7 Å². The van der Waals surface area contributed by atoms with Crippen molar-refractivity contribution in [2.45, 2.75) is 148 Å². The molecule has 0 fully saturated rings. The van der Waals surface area contributed by atoms with Crippen LogP contribution in [0.5, 0.6) is 0 Å². The Balaban J connectivity index is 4.32. The molecule has 0 aromatic rings. The summed E-state index contributed by atoms with van der Waals surface area (Å²) < 4.78 is 33.2. The molecular weight excluding hydrogens is 705 g/mol. The van der Waals surface area contributed by atoms with E-state index < -0.39 is 45.1 Å². The number of esters is 1. The normalized spacial score (nSPS) is 14.9. The molecular formula is C43H72NO9P. The van der Waals surface area contributed by atoms with Crippen molar-refractivity contribution in [1.82, 2.24) is 0 Å². The number of carbonyl (C=O) groups excluding carboxylic acids is 1. The van der Waals surface area contributed by atoms with Crippen molar-refractivity contribution >= 4 is 19.8 Å². The van der Waals surface area contributed by atoms with E-state index in [9.17, 15) is 19.0 Å². The van der Waals surface area contributed by atoms with Crippen LogP contribution in [-0.4, -0.2) is 60.5 Å². The maximum Gasteiger partial charge on any atom is 0.472 e. The summed E-state index contributed by atoms with van der Waals surface area (Å²) in [4.78, 5) is 33.4. The van der Waals surface area contributed by atoms with Crippen LogP contribution in [0.25, 0.3) is 0 Å². The van der Waals surface area contributed by atoms with Gasteiger partial charge in [-0.15, -0.1) is 0 Å². The summed E-state index contributed by atoms with van der Waals surface area (Å²) in [5, 5.41) is 8.87. The number of phosphoric acid groups is 1. The van der Waals surface area contributed by atoms with Gasteiger partial charge in [0.05, 0.1) is 19.8 Å². The number of hydrogen-bond acceptors (Lipinski definition) is 8. The average molecular weight is 778 g/mol. The van der Waals surface area contributed by atoms with E-state index in [1.165, 1.54) is 0 Å². The molecule has 10 nitrogen and oxygen atoms in total. The fourth-order valence-electron chi connectivity index (χ4n) is 4.78. The molecule has 0 aromatic heterocycles. The third-order valence-electron chi connectivity index (χ3n) is 7.89. The highest BCUT2D eigenvalue weighted by atomic mass is 31.2.